The molecule has 0 saturated heterocycles. The topological polar surface area (TPSA) is 86.7 Å². The third-order valence-electron chi connectivity index (χ3n) is 5.31. The lowest BCUT2D eigenvalue weighted by molar-refractivity contribution is -0.126. The van der Waals surface area contributed by atoms with E-state index in [4.69, 9.17) is 11.6 Å². The summed E-state index contributed by atoms with van der Waals surface area (Å²) in [6.45, 7) is 0.404. The highest BCUT2D eigenvalue weighted by Crippen LogP contribution is 2.37. The molecule has 2 N–H and O–H groups in total. The highest BCUT2D eigenvalue weighted by Gasteiger charge is 2.30. The van der Waals surface area contributed by atoms with Crippen LogP contribution in [-0.2, 0) is 17.8 Å². The number of carbonyl (C=O) groups is 3. The lowest BCUT2D eigenvalue weighted by Gasteiger charge is -2.26. The number of carbonyl (C=O) groups excluding carboxylic acids is 2. The van der Waals surface area contributed by atoms with E-state index in [0.717, 1.165) is 29.5 Å². The number of anilines is 1. The van der Waals surface area contributed by atoms with E-state index in [1.54, 1.807) is 35.2 Å². The largest absolute Gasteiger partial charge is 0.478 e. The Morgan fingerprint density at radius 1 is 1.06 bits per heavy atom. The number of thiophene rings is 1. The second-order valence-corrected chi connectivity index (χ2v) is 8.94. The average Bonchev–Trinajstić information content (AvgIpc) is 3.15. The fraction of sp³-hybridized carbons (Fsp3) is 0.125. The molecule has 10 heteroatoms. The van der Waals surface area contributed by atoms with Gasteiger partial charge < -0.3 is 15.3 Å². The molecule has 0 bridgehead atoms. The summed E-state index contributed by atoms with van der Waals surface area (Å²) < 4.78 is 28.0. The number of nitrogens with zero attached hydrogens (tertiary/aromatic N) is 1. The average molecular weight is 503 g/mol. The molecule has 0 aliphatic carbocycles. The minimum absolute atomic E-state index is 0.0361. The SMILES string of the molecule is O=C(Nc1sc2c(c1C(=O)O)CCN(C(=O)C=Cc1ccccc1Cl)C2)c1c(F)cccc1F. The minimum atomic E-state index is -1.28. The van der Waals surface area contributed by atoms with Crippen molar-refractivity contribution in [2.75, 3.05) is 11.9 Å². The number of halogens is 3. The summed E-state index contributed by atoms with van der Waals surface area (Å²) in [6.07, 6.45) is 3.25. The summed E-state index contributed by atoms with van der Waals surface area (Å²) in [4.78, 5) is 39.2. The zero-order valence-electron chi connectivity index (χ0n) is 17.5. The van der Waals surface area contributed by atoms with Crippen LogP contribution in [0.2, 0.25) is 5.02 Å². The van der Waals surface area contributed by atoms with Gasteiger partial charge in [-0.15, -0.1) is 11.3 Å². The van der Waals surface area contributed by atoms with Crippen LogP contribution in [0, 0.1) is 11.6 Å². The van der Waals surface area contributed by atoms with Crippen LogP contribution in [0.5, 0.6) is 0 Å². The van der Waals surface area contributed by atoms with Gasteiger partial charge in [0, 0.05) is 22.5 Å². The Morgan fingerprint density at radius 3 is 2.44 bits per heavy atom. The van der Waals surface area contributed by atoms with Gasteiger partial charge in [0.05, 0.1) is 12.1 Å². The van der Waals surface area contributed by atoms with Crippen LogP contribution in [0.3, 0.4) is 0 Å². The molecule has 1 aliphatic heterocycles. The van der Waals surface area contributed by atoms with Gasteiger partial charge >= 0.3 is 5.97 Å². The number of rotatable bonds is 5. The smallest absolute Gasteiger partial charge is 0.339 e. The maximum atomic E-state index is 14.0. The summed E-state index contributed by atoms with van der Waals surface area (Å²) in [5, 5.41) is 12.5. The molecule has 3 aromatic rings. The van der Waals surface area contributed by atoms with Gasteiger partial charge in [0.2, 0.25) is 5.91 Å². The first kappa shape index (κ1) is 23.6. The van der Waals surface area contributed by atoms with Crippen molar-refractivity contribution in [3.8, 4) is 0 Å². The summed E-state index contributed by atoms with van der Waals surface area (Å²) >= 11 is 7.07. The summed E-state index contributed by atoms with van der Waals surface area (Å²) in [5.74, 6) is -4.77. The van der Waals surface area contributed by atoms with E-state index in [0.29, 0.717) is 21.0 Å². The quantitative estimate of drug-likeness (QED) is 0.468. The molecule has 0 spiro atoms. The van der Waals surface area contributed by atoms with E-state index < -0.39 is 29.1 Å². The number of nitrogens with one attached hydrogen (secondary N) is 1. The fourth-order valence-electron chi connectivity index (χ4n) is 3.66. The zero-order valence-corrected chi connectivity index (χ0v) is 19.1. The lowest BCUT2D eigenvalue weighted by Crippen LogP contribution is -2.34. The predicted octanol–water partition coefficient (Wildman–Crippen LogP) is 5.23. The molecule has 34 heavy (non-hydrogen) atoms. The van der Waals surface area contributed by atoms with Crippen LogP contribution in [-0.4, -0.2) is 34.3 Å². The molecule has 0 saturated carbocycles. The van der Waals surface area contributed by atoms with Crippen molar-refractivity contribution in [3.63, 3.8) is 0 Å². The molecule has 2 amide bonds. The van der Waals surface area contributed by atoms with Gasteiger partial charge in [0.15, 0.2) is 0 Å². The highest BCUT2D eigenvalue weighted by atomic mass is 35.5. The van der Waals surface area contributed by atoms with Crippen LogP contribution < -0.4 is 5.32 Å². The number of benzene rings is 2. The zero-order chi connectivity index (χ0) is 24.4. The Kier molecular flexibility index (Phi) is 6.76. The maximum absolute atomic E-state index is 14.0. The van der Waals surface area contributed by atoms with E-state index >= 15 is 0 Å². The highest BCUT2D eigenvalue weighted by molar-refractivity contribution is 7.17. The van der Waals surface area contributed by atoms with Gasteiger partial charge in [-0.05, 0) is 41.8 Å². The van der Waals surface area contributed by atoms with Crippen LogP contribution in [0.1, 0.15) is 36.7 Å². The lowest BCUT2D eigenvalue weighted by atomic mass is 10.0. The van der Waals surface area contributed by atoms with Crippen molar-refractivity contribution < 1.29 is 28.3 Å². The summed E-state index contributed by atoms with van der Waals surface area (Å²) in [6, 6.07) is 10.1. The van der Waals surface area contributed by atoms with E-state index in [-0.39, 0.29) is 36.0 Å². The first-order chi connectivity index (χ1) is 16.3. The Balaban J connectivity index is 1.56. The number of amides is 2. The maximum Gasteiger partial charge on any atom is 0.339 e. The number of fused-ring (bicyclic) bond motifs is 1. The van der Waals surface area contributed by atoms with E-state index in [1.807, 2.05) is 0 Å². The number of aromatic carboxylic acids is 1. The van der Waals surface area contributed by atoms with Crippen molar-refractivity contribution in [2.24, 2.45) is 0 Å². The van der Waals surface area contributed by atoms with Gasteiger partial charge in [0.1, 0.15) is 22.2 Å². The van der Waals surface area contributed by atoms with Crippen molar-refractivity contribution in [3.05, 3.63) is 92.3 Å². The molecule has 1 aromatic heterocycles. The molecule has 0 radical (unpaired) electrons. The van der Waals surface area contributed by atoms with Crippen LogP contribution in [0.4, 0.5) is 13.8 Å². The van der Waals surface area contributed by atoms with Crippen molar-refractivity contribution >= 4 is 51.8 Å². The minimum Gasteiger partial charge on any atom is -0.478 e. The normalized spacial score (nSPS) is 13.1. The van der Waals surface area contributed by atoms with E-state index in [1.165, 1.54) is 6.08 Å². The number of hydrogen-bond donors (Lipinski definition) is 2. The Morgan fingerprint density at radius 2 is 1.76 bits per heavy atom. The third kappa shape index (κ3) is 4.71. The van der Waals surface area contributed by atoms with Gasteiger partial charge in [-0.25, -0.2) is 13.6 Å². The molecule has 4 rings (SSSR count). The van der Waals surface area contributed by atoms with Crippen molar-refractivity contribution in [1.29, 1.82) is 0 Å². The molecule has 2 aromatic carbocycles. The van der Waals surface area contributed by atoms with Gasteiger partial charge in [0.25, 0.3) is 5.91 Å². The molecular weight excluding hydrogens is 486 g/mol. The Hall–Kier alpha value is -3.56. The van der Waals surface area contributed by atoms with Crippen LogP contribution in [0.25, 0.3) is 6.08 Å². The second-order valence-electron chi connectivity index (χ2n) is 7.43. The fourth-order valence-corrected chi connectivity index (χ4v) is 5.11. The first-order valence-corrected chi connectivity index (χ1v) is 11.3. The van der Waals surface area contributed by atoms with Crippen molar-refractivity contribution in [2.45, 2.75) is 13.0 Å². The number of hydrogen-bond acceptors (Lipinski definition) is 4. The number of carboxylic acids is 1. The molecule has 2 heterocycles. The molecular formula is C24H17ClF2N2O4S. The third-order valence-corrected chi connectivity index (χ3v) is 6.79. The molecule has 0 fully saturated rings. The monoisotopic (exact) mass is 502 g/mol. The standard InChI is InChI=1S/C24H17ClF2N2O4S/c25-15-5-2-1-4-13(15)8-9-19(30)29-11-10-14-18(12-29)34-23(20(14)24(32)33)28-22(31)21-16(26)6-3-7-17(21)27/h1-9H,10-12H2,(H,28,31)(H,32,33). The first-order valence-electron chi connectivity index (χ1n) is 10.1. The molecule has 1 aliphatic rings. The second kappa shape index (κ2) is 9.74. The van der Waals surface area contributed by atoms with E-state index in [9.17, 15) is 28.3 Å². The van der Waals surface area contributed by atoms with Gasteiger partial charge in [-0.2, -0.15) is 0 Å². The van der Waals surface area contributed by atoms with E-state index in [2.05, 4.69) is 5.32 Å². The molecule has 0 unspecified atom stereocenters. The molecule has 174 valence electrons. The van der Waals surface area contributed by atoms with Crippen molar-refractivity contribution in [1.82, 2.24) is 4.90 Å². The van der Waals surface area contributed by atoms with Crippen LogP contribution in [0.15, 0.2) is 48.5 Å². The van der Waals surface area contributed by atoms with Crippen LogP contribution >= 0.6 is 22.9 Å². The number of carboxylic acid groups (broad SMARTS) is 1. The predicted molar refractivity (Wildman–Crippen MR) is 125 cm³/mol. The summed E-state index contributed by atoms with van der Waals surface area (Å²) in [5.41, 5.74) is 0.237. The Labute approximate surface area is 202 Å². The summed E-state index contributed by atoms with van der Waals surface area (Å²) in [7, 11) is 0. The van der Waals surface area contributed by atoms with Gasteiger partial charge in [-0.3, -0.25) is 9.59 Å². The van der Waals surface area contributed by atoms with Gasteiger partial charge in [-0.1, -0.05) is 35.9 Å². The molecule has 0 atom stereocenters. The molecule has 6 nitrogen and oxygen atoms in total. The Bertz CT molecular complexity index is 1320.